The first-order valence-corrected chi connectivity index (χ1v) is 5.86. The van der Waals surface area contributed by atoms with Crippen molar-refractivity contribution in [2.75, 3.05) is 19.7 Å². The standard InChI is InChI=1S/C13H21NO2/c1-3-14-10-12(15)9-11-5-7-13(8-6-11)16-4-2/h5-8,12,14-15H,3-4,9-10H2,1-2H3/t12-/m1/s1. The molecule has 0 saturated carbocycles. The Morgan fingerprint density at radius 1 is 1.25 bits per heavy atom. The number of hydrogen-bond acceptors (Lipinski definition) is 3. The van der Waals surface area contributed by atoms with Crippen LogP contribution in [0.4, 0.5) is 0 Å². The first kappa shape index (κ1) is 13.0. The smallest absolute Gasteiger partial charge is 0.119 e. The van der Waals surface area contributed by atoms with E-state index in [1.165, 1.54) is 0 Å². The number of rotatable bonds is 7. The Bertz CT molecular complexity index is 284. The van der Waals surface area contributed by atoms with Crippen LogP contribution in [0.5, 0.6) is 5.75 Å². The Balaban J connectivity index is 2.41. The van der Waals surface area contributed by atoms with Gasteiger partial charge in [-0.15, -0.1) is 0 Å². The fourth-order valence-electron chi connectivity index (χ4n) is 1.54. The van der Waals surface area contributed by atoms with Gasteiger partial charge in [0.05, 0.1) is 12.7 Å². The molecular weight excluding hydrogens is 202 g/mol. The normalized spacial score (nSPS) is 12.4. The highest BCUT2D eigenvalue weighted by Crippen LogP contribution is 2.13. The summed E-state index contributed by atoms with van der Waals surface area (Å²) in [5.74, 6) is 0.882. The van der Waals surface area contributed by atoms with Crippen molar-refractivity contribution >= 4 is 0 Å². The van der Waals surface area contributed by atoms with E-state index in [1.807, 2.05) is 38.1 Å². The van der Waals surface area contributed by atoms with Crippen molar-refractivity contribution in [3.8, 4) is 5.75 Å². The number of benzene rings is 1. The maximum atomic E-state index is 9.71. The Morgan fingerprint density at radius 2 is 1.94 bits per heavy atom. The van der Waals surface area contributed by atoms with Crippen LogP contribution in [0.15, 0.2) is 24.3 Å². The van der Waals surface area contributed by atoms with Crippen molar-refractivity contribution < 1.29 is 9.84 Å². The minimum Gasteiger partial charge on any atom is -0.494 e. The summed E-state index contributed by atoms with van der Waals surface area (Å²) < 4.78 is 5.36. The van der Waals surface area contributed by atoms with Crippen molar-refractivity contribution in [3.05, 3.63) is 29.8 Å². The zero-order chi connectivity index (χ0) is 11.8. The van der Waals surface area contributed by atoms with Gasteiger partial charge >= 0.3 is 0 Å². The molecule has 0 bridgehead atoms. The van der Waals surface area contributed by atoms with E-state index in [0.717, 1.165) is 17.9 Å². The summed E-state index contributed by atoms with van der Waals surface area (Å²) in [6.07, 6.45) is 0.359. The van der Waals surface area contributed by atoms with E-state index in [0.29, 0.717) is 19.6 Å². The summed E-state index contributed by atoms with van der Waals surface area (Å²) in [4.78, 5) is 0. The second-order valence-electron chi connectivity index (χ2n) is 3.74. The molecule has 0 radical (unpaired) electrons. The zero-order valence-electron chi connectivity index (χ0n) is 10.1. The molecule has 0 spiro atoms. The Morgan fingerprint density at radius 3 is 2.50 bits per heavy atom. The fourth-order valence-corrected chi connectivity index (χ4v) is 1.54. The van der Waals surface area contributed by atoms with Crippen molar-refractivity contribution in [3.63, 3.8) is 0 Å². The molecular formula is C13H21NO2. The van der Waals surface area contributed by atoms with Gasteiger partial charge in [-0.05, 0) is 37.6 Å². The van der Waals surface area contributed by atoms with Crippen LogP contribution in [0.1, 0.15) is 19.4 Å². The van der Waals surface area contributed by atoms with E-state index in [4.69, 9.17) is 4.74 Å². The van der Waals surface area contributed by atoms with Crippen molar-refractivity contribution in [1.29, 1.82) is 0 Å². The lowest BCUT2D eigenvalue weighted by Crippen LogP contribution is -2.28. The first-order valence-electron chi connectivity index (χ1n) is 5.86. The van der Waals surface area contributed by atoms with E-state index < -0.39 is 0 Å². The molecule has 0 fully saturated rings. The van der Waals surface area contributed by atoms with Crippen LogP contribution in [-0.4, -0.2) is 30.9 Å². The monoisotopic (exact) mass is 223 g/mol. The molecule has 0 aliphatic heterocycles. The van der Waals surface area contributed by atoms with Crippen LogP contribution < -0.4 is 10.1 Å². The van der Waals surface area contributed by atoms with Gasteiger partial charge in [-0.2, -0.15) is 0 Å². The molecule has 0 amide bonds. The van der Waals surface area contributed by atoms with Gasteiger partial charge in [0.15, 0.2) is 0 Å². The van der Waals surface area contributed by atoms with Gasteiger partial charge in [-0.3, -0.25) is 0 Å². The molecule has 3 nitrogen and oxygen atoms in total. The number of aliphatic hydroxyl groups excluding tert-OH is 1. The topological polar surface area (TPSA) is 41.5 Å². The molecule has 90 valence electrons. The number of ether oxygens (including phenoxy) is 1. The molecule has 16 heavy (non-hydrogen) atoms. The van der Waals surface area contributed by atoms with Gasteiger partial charge in [0, 0.05) is 6.54 Å². The minimum absolute atomic E-state index is 0.321. The van der Waals surface area contributed by atoms with E-state index in [9.17, 15) is 5.11 Å². The van der Waals surface area contributed by atoms with Gasteiger partial charge in [0.1, 0.15) is 5.75 Å². The SMILES string of the molecule is CCNC[C@H](O)Cc1ccc(OCC)cc1. The maximum Gasteiger partial charge on any atom is 0.119 e. The van der Waals surface area contributed by atoms with Crippen LogP contribution in [0.3, 0.4) is 0 Å². The lowest BCUT2D eigenvalue weighted by molar-refractivity contribution is 0.172. The molecule has 0 aliphatic rings. The Kier molecular flexibility index (Phi) is 5.90. The molecule has 3 heteroatoms. The summed E-state index contributed by atoms with van der Waals surface area (Å²) in [6.45, 7) is 6.21. The molecule has 0 unspecified atom stereocenters. The highest BCUT2D eigenvalue weighted by atomic mass is 16.5. The third-order valence-electron chi connectivity index (χ3n) is 2.34. The Hall–Kier alpha value is -1.06. The number of nitrogens with one attached hydrogen (secondary N) is 1. The maximum absolute atomic E-state index is 9.71. The molecule has 1 atom stereocenters. The number of likely N-dealkylation sites (N-methyl/N-ethyl adjacent to an activating group) is 1. The van der Waals surface area contributed by atoms with Crippen LogP contribution in [-0.2, 0) is 6.42 Å². The molecule has 0 aromatic heterocycles. The van der Waals surface area contributed by atoms with E-state index >= 15 is 0 Å². The van der Waals surface area contributed by atoms with Crippen LogP contribution in [0, 0.1) is 0 Å². The highest BCUT2D eigenvalue weighted by molar-refractivity contribution is 5.27. The lowest BCUT2D eigenvalue weighted by Gasteiger charge is -2.11. The highest BCUT2D eigenvalue weighted by Gasteiger charge is 2.04. The van der Waals surface area contributed by atoms with Gasteiger partial charge in [-0.1, -0.05) is 19.1 Å². The predicted molar refractivity (Wildman–Crippen MR) is 65.9 cm³/mol. The van der Waals surface area contributed by atoms with Gasteiger partial charge in [0.2, 0.25) is 0 Å². The van der Waals surface area contributed by atoms with Crippen LogP contribution >= 0.6 is 0 Å². The average Bonchev–Trinajstić information content (AvgIpc) is 2.29. The van der Waals surface area contributed by atoms with Crippen molar-refractivity contribution in [2.24, 2.45) is 0 Å². The summed E-state index contributed by atoms with van der Waals surface area (Å²) in [5.41, 5.74) is 1.13. The van der Waals surface area contributed by atoms with Gasteiger partial charge in [0.25, 0.3) is 0 Å². The quantitative estimate of drug-likeness (QED) is 0.737. The average molecular weight is 223 g/mol. The van der Waals surface area contributed by atoms with E-state index in [-0.39, 0.29) is 6.10 Å². The van der Waals surface area contributed by atoms with Crippen LogP contribution in [0.25, 0.3) is 0 Å². The molecule has 0 aliphatic carbocycles. The second kappa shape index (κ2) is 7.25. The number of hydrogen-bond donors (Lipinski definition) is 2. The molecule has 1 aromatic carbocycles. The summed E-state index contributed by atoms with van der Waals surface area (Å²) in [7, 11) is 0. The number of aliphatic hydroxyl groups is 1. The lowest BCUT2D eigenvalue weighted by atomic mass is 10.1. The largest absolute Gasteiger partial charge is 0.494 e. The Labute approximate surface area is 97.4 Å². The molecule has 1 aromatic rings. The van der Waals surface area contributed by atoms with E-state index in [2.05, 4.69) is 5.32 Å². The van der Waals surface area contributed by atoms with Crippen LogP contribution in [0.2, 0.25) is 0 Å². The fraction of sp³-hybridized carbons (Fsp3) is 0.538. The van der Waals surface area contributed by atoms with Crippen molar-refractivity contribution in [1.82, 2.24) is 5.32 Å². The second-order valence-corrected chi connectivity index (χ2v) is 3.74. The third-order valence-corrected chi connectivity index (χ3v) is 2.34. The van der Waals surface area contributed by atoms with Gasteiger partial charge < -0.3 is 15.2 Å². The zero-order valence-corrected chi connectivity index (χ0v) is 10.1. The van der Waals surface area contributed by atoms with Crippen molar-refractivity contribution in [2.45, 2.75) is 26.4 Å². The molecule has 0 saturated heterocycles. The van der Waals surface area contributed by atoms with Gasteiger partial charge in [-0.25, -0.2) is 0 Å². The summed E-state index contributed by atoms with van der Waals surface area (Å²) in [6, 6.07) is 7.89. The first-order chi connectivity index (χ1) is 7.76. The molecule has 0 heterocycles. The summed E-state index contributed by atoms with van der Waals surface area (Å²) in [5, 5.41) is 12.8. The molecule has 2 N–H and O–H groups in total. The molecule has 1 rings (SSSR count). The van der Waals surface area contributed by atoms with E-state index in [1.54, 1.807) is 0 Å². The minimum atomic E-state index is -0.321. The summed E-state index contributed by atoms with van der Waals surface area (Å²) >= 11 is 0. The third kappa shape index (κ3) is 4.64. The predicted octanol–water partition coefficient (Wildman–Crippen LogP) is 1.60.